The van der Waals surface area contributed by atoms with Crippen LogP contribution < -0.4 is 0 Å². The van der Waals surface area contributed by atoms with Gasteiger partial charge in [0.15, 0.2) is 0 Å². The molecule has 0 atom stereocenters. The van der Waals surface area contributed by atoms with Gasteiger partial charge < -0.3 is 4.57 Å². The van der Waals surface area contributed by atoms with E-state index in [1.165, 1.54) is 93.1 Å². The third-order valence-electron chi connectivity index (χ3n) is 10.5. The van der Waals surface area contributed by atoms with Crippen LogP contribution >= 0.6 is 0 Å². The van der Waals surface area contributed by atoms with Crippen LogP contribution in [0, 0.1) is 6.92 Å². The first-order valence-corrected chi connectivity index (χ1v) is 17.4. The Morgan fingerprint density at radius 2 is 0.700 bits per heavy atom. The summed E-state index contributed by atoms with van der Waals surface area (Å²) < 4.78 is 2.39. The molecule has 50 heavy (non-hydrogen) atoms. The zero-order chi connectivity index (χ0) is 33.2. The number of para-hydroxylation sites is 2. The van der Waals surface area contributed by atoms with Crippen LogP contribution in [0.3, 0.4) is 0 Å². The van der Waals surface area contributed by atoms with Crippen LogP contribution in [0.5, 0.6) is 0 Å². The molecule has 0 fully saturated rings. The smallest absolute Gasteiger partial charge is 0.0541 e. The van der Waals surface area contributed by atoms with E-state index in [0.29, 0.717) is 0 Å². The van der Waals surface area contributed by atoms with Crippen LogP contribution in [0.1, 0.15) is 5.56 Å². The van der Waals surface area contributed by atoms with Gasteiger partial charge in [-0.15, -0.1) is 0 Å². The lowest BCUT2D eigenvalue weighted by atomic mass is 9.84. The van der Waals surface area contributed by atoms with Crippen molar-refractivity contribution in [1.29, 1.82) is 0 Å². The summed E-state index contributed by atoms with van der Waals surface area (Å²) in [4.78, 5) is 0. The Balaban J connectivity index is 1.19. The average molecular weight is 636 g/mol. The van der Waals surface area contributed by atoms with E-state index >= 15 is 0 Å². The van der Waals surface area contributed by atoms with Crippen molar-refractivity contribution in [3.05, 3.63) is 188 Å². The van der Waals surface area contributed by atoms with Gasteiger partial charge in [0.05, 0.1) is 11.0 Å². The fourth-order valence-corrected chi connectivity index (χ4v) is 8.21. The topological polar surface area (TPSA) is 4.93 Å². The molecule has 0 spiro atoms. The van der Waals surface area contributed by atoms with Gasteiger partial charge in [0.2, 0.25) is 0 Å². The molecule has 0 N–H and O–H groups in total. The quantitative estimate of drug-likeness (QED) is 0.170. The molecule has 0 radical (unpaired) electrons. The lowest BCUT2D eigenvalue weighted by Crippen LogP contribution is -1.95. The molecule has 0 bridgehead atoms. The third kappa shape index (κ3) is 4.34. The second-order valence-electron chi connectivity index (χ2n) is 13.3. The Morgan fingerprint density at radius 3 is 1.24 bits per heavy atom. The standard InChI is InChI=1S/C49H33N/c1-32-22-24-33(25-23-32)36-30-31-45(38-13-3-2-12-37(36)38)49-43-18-6-4-16-41(43)48(42-17-5-7-19-44(42)49)34-26-28-35(29-27-34)50-46-20-10-8-14-39(46)40-15-9-11-21-47(40)50/h2-31H,1H3. The van der Waals surface area contributed by atoms with Crippen molar-refractivity contribution < 1.29 is 0 Å². The molecule has 1 heterocycles. The van der Waals surface area contributed by atoms with E-state index in [4.69, 9.17) is 0 Å². The SMILES string of the molecule is Cc1ccc(-c2ccc(-c3c4ccccc4c(-c4ccc(-n5c6ccccc6c6ccccc65)cc4)c4ccccc34)c3ccccc23)cc1. The molecule has 234 valence electrons. The molecule has 0 amide bonds. The number of hydrogen-bond donors (Lipinski definition) is 0. The summed E-state index contributed by atoms with van der Waals surface area (Å²) in [6.45, 7) is 2.14. The molecule has 10 aromatic rings. The molecule has 0 saturated carbocycles. The summed E-state index contributed by atoms with van der Waals surface area (Å²) >= 11 is 0. The predicted octanol–water partition coefficient (Wildman–Crippen LogP) is 13.6. The molecule has 0 aliphatic heterocycles. The monoisotopic (exact) mass is 635 g/mol. The van der Waals surface area contributed by atoms with Gasteiger partial charge in [-0.1, -0.05) is 163 Å². The van der Waals surface area contributed by atoms with Crippen molar-refractivity contribution in [3.63, 3.8) is 0 Å². The molecule has 0 aliphatic carbocycles. The number of hydrogen-bond acceptors (Lipinski definition) is 0. The van der Waals surface area contributed by atoms with Crippen LogP contribution in [0.15, 0.2) is 182 Å². The summed E-state index contributed by atoms with van der Waals surface area (Å²) in [5, 5.41) is 10.1. The normalized spacial score (nSPS) is 11.7. The van der Waals surface area contributed by atoms with Gasteiger partial charge in [-0.05, 0) is 96.9 Å². The number of nitrogens with zero attached hydrogens (tertiary/aromatic N) is 1. The second-order valence-corrected chi connectivity index (χ2v) is 13.3. The highest BCUT2D eigenvalue weighted by atomic mass is 15.0. The largest absolute Gasteiger partial charge is 0.309 e. The molecule has 10 rings (SSSR count). The fraction of sp³-hybridized carbons (Fsp3) is 0.0204. The minimum Gasteiger partial charge on any atom is -0.309 e. The fourth-order valence-electron chi connectivity index (χ4n) is 8.21. The summed E-state index contributed by atoms with van der Waals surface area (Å²) in [5.41, 5.74) is 12.4. The van der Waals surface area contributed by atoms with Gasteiger partial charge in [-0.2, -0.15) is 0 Å². The Kier molecular flexibility index (Phi) is 6.47. The lowest BCUT2D eigenvalue weighted by molar-refractivity contribution is 1.18. The Labute approximate surface area is 291 Å². The molecule has 0 unspecified atom stereocenters. The first kappa shape index (κ1) is 28.6. The maximum absolute atomic E-state index is 2.39. The van der Waals surface area contributed by atoms with Gasteiger partial charge in [0.25, 0.3) is 0 Å². The van der Waals surface area contributed by atoms with Gasteiger partial charge >= 0.3 is 0 Å². The maximum Gasteiger partial charge on any atom is 0.0541 e. The number of aromatic nitrogens is 1. The van der Waals surface area contributed by atoms with Crippen LogP contribution in [-0.2, 0) is 0 Å². The van der Waals surface area contributed by atoms with E-state index in [0.717, 1.165) is 5.69 Å². The van der Waals surface area contributed by atoms with Crippen molar-refractivity contribution in [1.82, 2.24) is 4.57 Å². The van der Waals surface area contributed by atoms with Gasteiger partial charge in [0.1, 0.15) is 0 Å². The summed E-state index contributed by atoms with van der Waals surface area (Å²) in [7, 11) is 0. The summed E-state index contributed by atoms with van der Waals surface area (Å²) in [5.74, 6) is 0. The second kappa shape index (κ2) is 11.3. The van der Waals surface area contributed by atoms with E-state index < -0.39 is 0 Å². The molecule has 0 saturated heterocycles. The molecule has 1 nitrogen and oxygen atoms in total. The molecular weight excluding hydrogens is 603 g/mol. The van der Waals surface area contributed by atoms with Crippen molar-refractivity contribution in [2.75, 3.05) is 0 Å². The Hall–Kier alpha value is -6.44. The Bertz CT molecular complexity index is 2800. The molecule has 9 aromatic carbocycles. The average Bonchev–Trinajstić information content (AvgIpc) is 3.51. The van der Waals surface area contributed by atoms with E-state index in [-0.39, 0.29) is 0 Å². The lowest BCUT2D eigenvalue weighted by Gasteiger charge is -2.20. The molecule has 1 aromatic heterocycles. The molecule has 0 aliphatic rings. The van der Waals surface area contributed by atoms with Crippen molar-refractivity contribution in [2.24, 2.45) is 0 Å². The zero-order valence-corrected chi connectivity index (χ0v) is 27.8. The third-order valence-corrected chi connectivity index (χ3v) is 10.5. The van der Waals surface area contributed by atoms with Gasteiger partial charge in [-0.3, -0.25) is 0 Å². The molecule has 1 heteroatoms. The van der Waals surface area contributed by atoms with E-state index in [9.17, 15) is 0 Å². The highest BCUT2D eigenvalue weighted by Gasteiger charge is 2.19. The first-order valence-electron chi connectivity index (χ1n) is 17.4. The van der Waals surface area contributed by atoms with Crippen LogP contribution in [-0.4, -0.2) is 4.57 Å². The Morgan fingerprint density at radius 1 is 0.300 bits per heavy atom. The summed E-state index contributed by atoms with van der Waals surface area (Å²) in [6, 6.07) is 66.9. The minimum absolute atomic E-state index is 1.16. The van der Waals surface area contributed by atoms with Crippen LogP contribution in [0.25, 0.3) is 93.2 Å². The van der Waals surface area contributed by atoms with Crippen molar-refractivity contribution in [2.45, 2.75) is 6.92 Å². The van der Waals surface area contributed by atoms with E-state index in [1.807, 2.05) is 0 Å². The number of rotatable bonds is 4. The molecular formula is C49H33N. The first-order chi connectivity index (χ1) is 24.7. The van der Waals surface area contributed by atoms with E-state index in [1.54, 1.807) is 0 Å². The number of benzene rings is 9. The van der Waals surface area contributed by atoms with Gasteiger partial charge in [0, 0.05) is 16.5 Å². The van der Waals surface area contributed by atoms with Crippen molar-refractivity contribution in [3.8, 4) is 39.1 Å². The minimum atomic E-state index is 1.16. The van der Waals surface area contributed by atoms with Crippen LogP contribution in [0.4, 0.5) is 0 Å². The predicted molar refractivity (Wildman–Crippen MR) is 214 cm³/mol. The number of aryl methyl sites for hydroxylation is 1. The highest BCUT2D eigenvalue weighted by Crippen LogP contribution is 2.46. The van der Waals surface area contributed by atoms with E-state index in [2.05, 4.69) is 193 Å². The van der Waals surface area contributed by atoms with Crippen molar-refractivity contribution >= 4 is 54.1 Å². The highest BCUT2D eigenvalue weighted by molar-refractivity contribution is 6.24. The van der Waals surface area contributed by atoms with Gasteiger partial charge in [-0.25, -0.2) is 0 Å². The number of fused-ring (bicyclic) bond motifs is 6. The maximum atomic E-state index is 2.39. The van der Waals surface area contributed by atoms with Crippen LogP contribution in [0.2, 0.25) is 0 Å². The summed E-state index contributed by atoms with van der Waals surface area (Å²) in [6.07, 6.45) is 0. The zero-order valence-electron chi connectivity index (χ0n) is 27.8.